The SMILES string of the molecule is O=C(CC(F)(F)F)N1CC(F)(c2ccc(C3=CC(c4cc(F)c(F)c(C(F)(F)F)c4)(C(F)(F)F)ON3)cc2)C1. The first-order chi connectivity index (χ1) is 17.8. The van der Waals surface area contributed by atoms with Crippen molar-refractivity contribution in [2.75, 3.05) is 13.1 Å². The van der Waals surface area contributed by atoms with Crippen molar-refractivity contribution in [2.24, 2.45) is 0 Å². The lowest BCUT2D eigenvalue weighted by Crippen LogP contribution is -2.59. The van der Waals surface area contributed by atoms with E-state index in [0.717, 1.165) is 24.3 Å². The van der Waals surface area contributed by atoms with E-state index >= 15 is 4.39 Å². The molecule has 1 fully saturated rings. The number of amides is 1. The van der Waals surface area contributed by atoms with Crippen LogP contribution >= 0.6 is 0 Å². The molecule has 1 saturated heterocycles. The maximum Gasteiger partial charge on any atom is 0.428 e. The molecule has 39 heavy (non-hydrogen) atoms. The molecule has 212 valence electrons. The summed E-state index contributed by atoms with van der Waals surface area (Å²) >= 11 is 0. The molecule has 1 N–H and O–H groups in total. The van der Waals surface area contributed by atoms with E-state index in [1.165, 1.54) is 0 Å². The summed E-state index contributed by atoms with van der Waals surface area (Å²) in [6, 6.07) is 4.01. The molecule has 1 amide bonds. The fourth-order valence-corrected chi connectivity index (χ4v) is 4.14. The number of halogens is 12. The van der Waals surface area contributed by atoms with E-state index in [1.54, 1.807) is 0 Å². The minimum atomic E-state index is -5.53. The smallest absolute Gasteiger partial charge is 0.335 e. The Morgan fingerprint density at radius 1 is 0.923 bits per heavy atom. The Kier molecular flexibility index (Phi) is 6.64. The first-order valence-electron chi connectivity index (χ1n) is 10.7. The molecule has 1 atom stereocenters. The molecule has 0 saturated carbocycles. The fourth-order valence-electron chi connectivity index (χ4n) is 4.14. The van der Waals surface area contributed by atoms with Gasteiger partial charge in [0.15, 0.2) is 17.3 Å². The number of likely N-dealkylation sites (tertiary alicyclic amines) is 1. The van der Waals surface area contributed by atoms with Crippen LogP contribution in [0.3, 0.4) is 0 Å². The Morgan fingerprint density at radius 3 is 2.03 bits per heavy atom. The number of hydrogen-bond donors (Lipinski definition) is 1. The average molecular weight is 578 g/mol. The zero-order valence-corrected chi connectivity index (χ0v) is 19.0. The van der Waals surface area contributed by atoms with Crippen LogP contribution in [0.1, 0.15) is 28.7 Å². The quantitative estimate of drug-likeness (QED) is 0.435. The maximum absolute atomic E-state index is 15.1. The van der Waals surface area contributed by atoms with Crippen molar-refractivity contribution in [3.05, 3.63) is 76.4 Å². The number of benzene rings is 2. The van der Waals surface area contributed by atoms with Crippen LogP contribution in [-0.4, -0.2) is 36.2 Å². The van der Waals surface area contributed by atoms with E-state index in [0.29, 0.717) is 11.0 Å². The molecule has 2 aliphatic heterocycles. The summed E-state index contributed by atoms with van der Waals surface area (Å²) in [5.41, 5.74) is -8.41. The Hall–Kier alpha value is -3.43. The summed E-state index contributed by atoms with van der Waals surface area (Å²) in [5, 5.41) is 0. The van der Waals surface area contributed by atoms with Crippen LogP contribution in [0.25, 0.3) is 5.70 Å². The van der Waals surface area contributed by atoms with E-state index in [2.05, 4.69) is 4.84 Å². The topological polar surface area (TPSA) is 41.6 Å². The molecule has 0 aromatic heterocycles. The van der Waals surface area contributed by atoms with Gasteiger partial charge in [0, 0.05) is 5.56 Å². The third-order valence-corrected chi connectivity index (χ3v) is 6.15. The minimum absolute atomic E-state index is 0.0858. The lowest BCUT2D eigenvalue weighted by atomic mass is 9.86. The highest BCUT2D eigenvalue weighted by molar-refractivity contribution is 5.78. The van der Waals surface area contributed by atoms with Crippen molar-refractivity contribution < 1.29 is 62.3 Å². The minimum Gasteiger partial charge on any atom is -0.335 e. The second kappa shape index (κ2) is 9.06. The molecule has 2 heterocycles. The number of hydrogen-bond acceptors (Lipinski definition) is 3. The van der Waals surface area contributed by atoms with Crippen LogP contribution in [-0.2, 0) is 27.1 Å². The van der Waals surface area contributed by atoms with Crippen LogP contribution in [0.15, 0.2) is 42.5 Å². The van der Waals surface area contributed by atoms with Crippen LogP contribution in [0.4, 0.5) is 52.7 Å². The molecule has 1 unspecified atom stereocenters. The third kappa shape index (κ3) is 5.25. The highest BCUT2D eigenvalue weighted by Gasteiger charge is 2.60. The highest BCUT2D eigenvalue weighted by Crippen LogP contribution is 2.49. The van der Waals surface area contributed by atoms with Gasteiger partial charge < -0.3 is 4.90 Å². The summed E-state index contributed by atoms with van der Waals surface area (Å²) in [6.45, 7) is -1.39. The number of rotatable bonds is 4. The van der Waals surface area contributed by atoms with Crippen LogP contribution in [0, 0.1) is 11.6 Å². The van der Waals surface area contributed by atoms with Gasteiger partial charge in [0.05, 0.1) is 24.4 Å². The molecule has 16 heteroatoms. The number of nitrogens with zero attached hydrogens (tertiary/aromatic N) is 1. The lowest BCUT2D eigenvalue weighted by molar-refractivity contribution is -0.269. The first-order valence-corrected chi connectivity index (χ1v) is 10.7. The summed E-state index contributed by atoms with van der Waals surface area (Å²) in [6.07, 6.45) is -17.3. The molecule has 2 aromatic carbocycles. The Bertz CT molecular complexity index is 1310. The van der Waals surface area contributed by atoms with Gasteiger partial charge in [-0.2, -0.15) is 39.5 Å². The van der Waals surface area contributed by atoms with Crippen molar-refractivity contribution in [3.8, 4) is 0 Å². The number of carbonyl (C=O) groups excluding carboxylic acids is 1. The standard InChI is InChI=1S/C23H14F12N2O2/c24-15-6-13(5-14(18(15)25)22(30,31)32)20(23(33,34)35)7-16(36-39-20)11-1-3-12(4-2-11)19(26)9-37(10-19)17(38)8-21(27,28)29/h1-7,36H,8-10H2. The molecular formula is C23H14F12N2O2. The first kappa shape index (κ1) is 28.6. The molecular weight excluding hydrogens is 564 g/mol. The van der Waals surface area contributed by atoms with Gasteiger partial charge >= 0.3 is 18.5 Å². The van der Waals surface area contributed by atoms with Crippen LogP contribution in [0.5, 0.6) is 0 Å². The van der Waals surface area contributed by atoms with Gasteiger partial charge in [0.1, 0.15) is 6.42 Å². The number of nitrogens with one attached hydrogen (secondary N) is 1. The highest BCUT2D eigenvalue weighted by atomic mass is 19.4. The van der Waals surface area contributed by atoms with E-state index in [4.69, 9.17) is 0 Å². The van der Waals surface area contributed by atoms with Gasteiger partial charge in [-0.1, -0.05) is 24.3 Å². The Balaban J connectivity index is 1.62. The lowest BCUT2D eigenvalue weighted by Gasteiger charge is -2.44. The molecule has 0 aliphatic carbocycles. The van der Waals surface area contributed by atoms with Gasteiger partial charge in [0.2, 0.25) is 11.5 Å². The second-order valence-corrected chi connectivity index (χ2v) is 8.90. The van der Waals surface area contributed by atoms with Crippen molar-refractivity contribution in [2.45, 2.75) is 36.2 Å². The zero-order valence-electron chi connectivity index (χ0n) is 19.0. The van der Waals surface area contributed by atoms with E-state index in [9.17, 15) is 53.1 Å². The fraction of sp³-hybridized carbons (Fsp3) is 0.348. The number of hydroxylamine groups is 1. The normalized spacial score (nSPS) is 21.3. The zero-order chi connectivity index (χ0) is 29.2. The molecule has 0 radical (unpaired) electrons. The van der Waals surface area contributed by atoms with Gasteiger partial charge in [-0.25, -0.2) is 13.2 Å². The largest absolute Gasteiger partial charge is 0.428 e. The van der Waals surface area contributed by atoms with Crippen molar-refractivity contribution in [1.82, 2.24) is 10.4 Å². The number of alkyl halides is 10. The average Bonchev–Trinajstić information content (AvgIpc) is 3.24. The molecule has 0 spiro atoms. The Morgan fingerprint density at radius 2 is 1.51 bits per heavy atom. The van der Waals surface area contributed by atoms with Crippen molar-refractivity contribution in [3.63, 3.8) is 0 Å². The summed E-state index contributed by atoms with van der Waals surface area (Å²) in [5.74, 6) is -5.93. The molecule has 0 bridgehead atoms. The molecule has 4 nitrogen and oxygen atoms in total. The predicted molar refractivity (Wildman–Crippen MR) is 108 cm³/mol. The van der Waals surface area contributed by atoms with Gasteiger partial charge in [-0.05, 0) is 29.3 Å². The Labute approximate surface area is 210 Å². The van der Waals surface area contributed by atoms with E-state index in [1.807, 2.05) is 5.48 Å². The maximum atomic E-state index is 15.1. The van der Waals surface area contributed by atoms with Crippen molar-refractivity contribution >= 4 is 11.6 Å². The third-order valence-electron chi connectivity index (χ3n) is 6.15. The summed E-state index contributed by atoms with van der Waals surface area (Å²) < 4.78 is 161. The molecule has 4 rings (SSSR count). The van der Waals surface area contributed by atoms with E-state index in [-0.39, 0.29) is 23.3 Å². The van der Waals surface area contributed by atoms with Gasteiger partial charge in [0.25, 0.3) is 0 Å². The van der Waals surface area contributed by atoms with Crippen LogP contribution < -0.4 is 5.48 Å². The monoisotopic (exact) mass is 578 g/mol. The molecule has 2 aromatic rings. The van der Waals surface area contributed by atoms with Crippen LogP contribution in [0.2, 0.25) is 0 Å². The number of carbonyl (C=O) groups is 1. The molecule has 2 aliphatic rings. The summed E-state index contributed by atoms with van der Waals surface area (Å²) in [4.78, 5) is 16.8. The second-order valence-electron chi connectivity index (χ2n) is 8.90. The van der Waals surface area contributed by atoms with Gasteiger partial charge in [-0.3, -0.25) is 15.1 Å². The van der Waals surface area contributed by atoms with Gasteiger partial charge in [-0.15, -0.1) is 0 Å². The van der Waals surface area contributed by atoms with Crippen molar-refractivity contribution in [1.29, 1.82) is 0 Å². The summed E-state index contributed by atoms with van der Waals surface area (Å²) in [7, 11) is 0. The predicted octanol–water partition coefficient (Wildman–Crippen LogP) is 6.28. The van der Waals surface area contributed by atoms with E-state index < -0.39 is 83.7 Å².